The largest absolute Gasteiger partial charge is 0.495 e. The molecule has 144 valence electrons. The molecular formula is C19H23ClN4O3. The van der Waals surface area contributed by atoms with E-state index < -0.39 is 0 Å². The van der Waals surface area contributed by atoms with Crippen LogP contribution in [-0.4, -0.2) is 35.7 Å². The number of anilines is 2. The highest BCUT2D eigenvalue weighted by Crippen LogP contribution is 2.27. The van der Waals surface area contributed by atoms with Gasteiger partial charge in [0, 0.05) is 30.5 Å². The van der Waals surface area contributed by atoms with Gasteiger partial charge in [0.25, 0.3) is 5.56 Å². The van der Waals surface area contributed by atoms with Crippen molar-refractivity contribution < 1.29 is 9.53 Å². The van der Waals surface area contributed by atoms with E-state index in [0.29, 0.717) is 28.1 Å². The van der Waals surface area contributed by atoms with Gasteiger partial charge in [-0.2, -0.15) is 0 Å². The highest BCUT2D eigenvalue weighted by atomic mass is 35.5. The summed E-state index contributed by atoms with van der Waals surface area (Å²) in [6, 6.07) is 6.44. The zero-order valence-corrected chi connectivity index (χ0v) is 16.3. The van der Waals surface area contributed by atoms with Crippen molar-refractivity contribution in [3.63, 3.8) is 0 Å². The van der Waals surface area contributed by atoms with Crippen molar-refractivity contribution >= 4 is 29.1 Å². The summed E-state index contributed by atoms with van der Waals surface area (Å²) in [4.78, 5) is 31.6. The number of hydrogen-bond donors (Lipinski definition) is 1. The average molecular weight is 391 g/mol. The standard InChI is InChI=1S/C19H23ClN4O3/c1-13-10-18(26)24(19(21-13)23-8-4-3-5-9-23)12-17(25)22-14-6-7-16(27-2)15(20)11-14/h6-7,10-11H,3-5,8-9,12H2,1-2H3,(H,22,25). The van der Waals surface area contributed by atoms with Crippen LogP contribution in [0.1, 0.15) is 25.0 Å². The van der Waals surface area contributed by atoms with Crippen LogP contribution in [0.2, 0.25) is 5.02 Å². The van der Waals surface area contributed by atoms with E-state index in [1.165, 1.54) is 24.2 Å². The molecular weight excluding hydrogens is 368 g/mol. The van der Waals surface area contributed by atoms with E-state index >= 15 is 0 Å². The highest BCUT2D eigenvalue weighted by molar-refractivity contribution is 6.32. The molecule has 1 aliphatic heterocycles. The maximum absolute atomic E-state index is 12.5. The Kier molecular flexibility index (Phi) is 6.01. The molecule has 0 spiro atoms. The van der Waals surface area contributed by atoms with Crippen LogP contribution in [0.4, 0.5) is 11.6 Å². The third kappa shape index (κ3) is 4.60. The van der Waals surface area contributed by atoms with Crippen LogP contribution in [0.3, 0.4) is 0 Å². The first-order chi connectivity index (χ1) is 13.0. The summed E-state index contributed by atoms with van der Waals surface area (Å²) in [6.45, 7) is 3.36. The van der Waals surface area contributed by atoms with Crippen molar-refractivity contribution in [3.8, 4) is 5.75 Å². The Balaban J connectivity index is 1.81. The molecule has 0 aliphatic carbocycles. The molecule has 0 radical (unpaired) electrons. The van der Waals surface area contributed by atoms with Crippen molar-refractivity contribution in [2.75, 3.05) is 30.4 Å². The number of piperidine rings is 1. The van der Waals surface area contributed by atoms with Crippen molar-refractivity contribution in [2.24, 2.45) is 0 Å². The van der Waals surface area contributed by atoms with Gasteiger partial charge in [0.2, 0.25) is 11.9 Å². The van der Waals surface area contributed by atoms with Gasteiger partial charge in [0.05, 0.1) is 12.1 Å². The molecule has 1 N–H and O–H groups in total. The summed E-state index contributed by atoms with van der Waals surface area (Å²) in [7, 11) is 1.53. The second-order valence-electron chi connectivity index (χ2n) is 6.57. The minimum Gasteiger partial charge on any atom is -0.495 e. The number of benzene rings is 1. The first-order valence-corrected chi connectivity index (χ1v) is 9.32. The predicted molar refractivity (Wildman–Crippen MR) is 106 cm³/mol. The summed E-state index contributed by atoms with van der Waals surface area (Å²) in [5.74, 6) is 0.769. The molecule has 0 bridgehead atoms. The van der Waals surface area contributed by atoms with Crippen molar-refractivity contribution in [3.05, 3.63) is 45.3 Å². The molecule has 3 rings (SSSR count). The fourth-order valence-corrected chi connectivity index (χ4v) is 3.44. The number of aryl methyl sites for hydroxylation is 1. The third-order valence-corrected chi connectivity index (χ3v) is 4.79. The lowest BCUT2D eigenvalue weighted by molar-refractivity contribution is -0.116. The fraction of sp³-hybridized carbons (Fsp3) is 0.421. The first kappa shape index (κ1) is 19.2. The first-order valence-electron chi connectivity index (χ1n) is 8.95. The van der Waals surface area contributed by atoms with Gasteiger partial charge in [-0.3, -0.25) is 14.2 Å². The summed E-state index contributed by atoms with van der Waals surface area (Å²) in [6.07, 6.45) is 3.28. The number of amides is 1. The number of nitrogens with zero attached hydrogens (tertiary/aromatic N) is 3. The molecule has 0 unspecified atom stereocenters. The van der Waals surface area contributed by atoms with E-state index in [4.69, 9.17) is 16.3 Å². The predicted octanol–water partition coefficient (Wildman–Crippen LogP) is 2.84. The van der Waals surface area contributed by atoms with E-state index in [9.17, 15) is 9.59 Å². The van der Waals surface area contributed by atoms with Gasteiger partial charge < -0.3 is 15.0 Å². The monoisotopic (exact) mass is 390 g/mol. The molecule has 1 aliphatic rings. The van der Waals surface area contributed by atoms with E-state index in [-0.39, 0.29) is 18.0 Å². The van der Waals surface area contributed by atoms with E-state index in [2.05, 4.69) is 15.2 Å². The van der Waals surface area contributed by atoms with Crippen LogP contribution in [0, 0.1) is 6.92 Å². The molecule has 2 aromatic rings. The molecule has 1 amide bonds. The summed E-state index contributed by atoms with van der Waals surface area (Å²) >= 11 is 6.09. The zero-order chi connectivity index (χ0) is 19.4. The second-order valence-corrected chi connectivity index (χ2v) is 6.97. The van der Waals surface area contributed by atoms with Crippen LogP contribution < -0.4 is 20.5 Å². The Hall–Kier alpha value is -2.54. The van der Waals surface area contributed by atoms with Crippen LogP contribution >= 0.6 is 11.6 Å². The SMILES string of the molecule is COc1ccc(NC(=O)Cn2c(N3CCCCC3)nc(C)cc2=O)cc1Cl. The smallest absolute Gasteiger partial charge is 0.255 e. The van der Waals surface area contributed by atoms with Gasteiger partial charge in [-0.1, -0.05) is 11.6 Å². The normalized spacial score (nSPS) is 14.1. The van der Waals surface area contributed by atoms with Crippen molar-refractivity contribution in [1.29, 1.82) is 0 Å². The summed E-state index contributed by atoms with van der Waals surface area (Å²) < 4.78 is 6.54. The summed E-state index contributed by atoms with van der Waals surface area (Å²) in [5, 5.41) is 3.17. The van der Waals surface area contributed by atoms with Crippen LogP contribution in [-0.2, 0) is 11.3 Å². The van der Waals surface area contributed by atoms with Gasteiger partial charge in [-0.15, -0.1) is 0 Å². The number of methoxy groups -OCH3 is 1. The topological polar surface area (TPSA) is 76.5 Å². The van der Waals surface area contributed by atoms with Gasteiger partial charge in [-0.25, -0.2) is 4.98 Å². The van der Waals surface area contributed by atoms with Crippen LogP contribution in [0.15, 0.2) is 29.1 Å². The lowest BCUT2D eigenvalue weighted by atomic mass is 10.1. The highest BCUT2D eigenvalue weighted by Gasteiger charge is 2.19. The van der Waals surface area contributed by atoms with E-state index in [0.717, 1.165) is 25.9 Å². The van der Waals surface area contributed by atoms with Gasteiger partial charge in [-0.05, 0) is 44.4 Å². The molecule has 1 aromatic carbocycles. The molecule has 27 heavy (non-hydrogen) atoms. The summed E-state index contributed by atoms with van der Waals surface area (Å²) in [5.41, 5.74) is 0.962. The number of rotatable bonds is 5. The number of aromatic nitrogens is 2. The molecule has 2 heterocycles. The van der Waals surface area contributed by atoms with Crippen molar-refractivity contribution in [2.45, 2.75) is 32.7 Å². The van der Waals surface area contributed by atoms with Gasteiger partial charge >= 0.3 is 0 Å². The lowest BCUT2D eigenvalue weighted by Crippen LogP contribution is -2.38. The molecule has 7 nitrogen and oxygen atoms in total. The number of nitrogens with one attached hydrogen (secondary N) is 1. The second kappa shape index (κ2) is 8.43. The molecule has 1 aromatic heterocycles. The van der Waals surface area contributed by atoms with E-state index in [1.807, 2.05) is 0 Å². The Morgan fingerprint density at radius 3 is 2.67 bits per heavy atom. The third-order valence-electron chi connectivity index (χ3n) is 4.49. The molecule has 1 saturated heterocycles. The number of halogens is 1. The molecule has 0 saturated carbocycles. The molecule has 1 fully saturated rings. The fourth-order valence-electron chi connectivity index (χ4n) is 3.18. The zero-order valence-electron chi connectivity index (χ0n) is 15.5. The maximum atomic E-state index is 12.5. The average Bonchev–Trinajstić information content (AvgIpc) is 2.64. The molecule has 0 atom stereocenters. The Morgan fingerprint density at radius 2 is 2.00 bits per heavy atom. The van der Waals surface area contributed by atoms with Crippen LogP contribution in [0.5, 0.6) is 5.75 Å². The number of carbonyl (C=O) groups excluding carboxylic acids is 1. The quantitative estimate of drug-likeness (QED) is 0.849. The maximum Gasteiger partial charge on any atom is 0.255 e. The van der Waals surface area contributed by atoms with E-state index in [1.54, 1.807) is 25.1 Å². The Morgan fingerprint density at radius 1 is 1.26 bits per heavy atom. The number of ether oxygens (including phenoxy) is 1. The number of hydrogen-bond acceptors (Lipinski definition) is 5. The molecule has 8 heteroatoms. The lowest BCUT2D eigenvalue weighted by Gasteiger charge is -2.29. The Labute approximate surface area is 162 Å². The minimum atomic E-state index is -0.317. The number of carbonyl (C=O) groups is 1. The van der Waals surface area contributed by atoms with Crippen LogP contribution in [0.25, 0.3) is 0 Å². The van der Waals surface area contributed by atoms with Crippen molar-refractivity contribution in [1.82, 2.24) is 9.55 Å². The Bertz CT molecular complexity index is 891. The van der Waals surface area contributed by atoms with Gasteiger partial charge in [0.1, 0.15) is 12.3 Å². The minimum absolute atomic E-state index is 0.110. The van der Waals surface area contributed by atoms with Gasteiger partial charge in [0.15, 0.2) is 0 Å².